The second-order valence-electron chi connectivity index (χ2n) is 4.08. The van der Waals surface area contributed by atoms with E-state index in [0.29, 0.717) is 6.04 Å². The van der Waals surface area contributed by atoms with Crippen LogP contribution in [0.15, 0.2) is 30.3 Å². The first-order valence-corrected chi connectivity index (χ1v) is 6.80. The van der Waals surface area contributed by atoms with Crippen LogP contribution in [0.1, 0.15) is 30.9 Å². The first-order valence-electron chi connectivity index (χ1n) is 5.75. The topological polar surface area (TPSA) is 12.0 Å². The summed E-state index contributed by atoms with van der Waals surface area (Å²) < 4.78 is 0. The number of benzene rings is 1. The zero-order chi connectivity index (χ0) is 10.5. The van der Waals surface area contributed by atoms with Crippen molar-refractivity contribution in [1.82, 2.24) is 5.32 Å². The summed E-state index contributed by atoms with van der Waals surface area (Å²) in [6.07, 6.45) is 4.14. The van der Waals surface area contributed by atoms with E-state index < -0.39 is 0 Å². The maximum atomic E-state index is 3.47. The van der Waals surface area contributed by atoms with Gasteiger partial charge in [-0.15, -0.1) is 0 Å². The molecule has 15 heavy (non-hydrogen) atoms. The summed E-state index contributed by atoms with van der Waals surface area (Å²) >= 11 is 2.13. The third-order valence-corrected chi connectivity index (χ3v) is 4.52. The summed E-state index contributed by atoms with van der Waals surface area (Å²) in [5, 5.41) is 4.22. The average molecular weight is 221 g/mol. The third kappa shape index (κ3) is 2.76. The molecule has 0 saturated carbocycles. The van der Waals surface area contributed by atoms with Crippen LogP contribution in [0, 0.1) is 0 Å². The van der Waals surface area contributed by atoms with Crippen LogP contribution < -0.4 is 5.32 Å². The average Bonchev–Trinajstić information content (AvgIpc) is 2.33. The minimum Gasteiger partial charge on any atom is -0.312 e. The highest BCUT2D eigenvalue weighted by Gasteiger charge is 2.23. The first-order chi connectivity index (χ1) is 7.42. The molecule has 0 amide bonds. The van der Waals surface area contributed by atoms with Gasteiger partial charge in [0.1, 0.15) is 0 Å². The van der Waals surface area contributed by atoms with E-state index in [1.165, 1.54) is 30.6 Å². The molecule has 0 bridgehead atoms. The highest BCUT2D eigenvalue weighted by Crippen LogP contribution is 2.34. The van der Waals surface area contributed by atoms with Gasteiger partial charge in [0, 0.05) is 11.3 Å². The Morgan fingerprint density at radius 3 is 2.67 bits per heavy atom. The van der Waals surface area contributed by atoms with Gasteiger partial charge in [0.25, 0.3) is 0 Å². The Balaban J connectivity index is 2.09. The Labute approximate surface area is 96.7 Å². The molecule has 82 valence electrons. The number of rotatable bonds is 3. The number of thioether (sulfide) groups is 1. The number of nitrogens with one attached hydrogen (secondary N) is 1. The molecule has 1 aliphatic heterocycles. The van der Waals surface area contributed by atoms with E-state index in [0.717, 1.165) is 5.25 Å². The summed E-state index contributed by atoms with van der Waals surface area (Å²) in [6, 6.07) is 11.3. The van der Waals surface area contributed by atoms with Crippen LogP contribution in [0.4, 0.5) is 0 Å². The molecular weight excluding hydrogens is 202 g/mol. The van der Waals surface area contributed by atoms with Crippen LogP contribution >= 0.6 is 11.8 Å². The number of hydrogen-bond donors (Lipinski definition) is 1. The molecule has 1 N–H and O–H groups in total. The molecule has 1 saturated heterocycles. The summed E-state index contributed by atoms with van der Waals surface area (Å²) in [7, 11) is 2.08. The van der Waals surface area contributed by atoms with Gasteiger partial charge in [-0.1, -0.05) is 36.8 Å². The molecular formula is C13H19NS. The number of hydrogen-bond acceptors (Lipinski definition) is 2. The molecule has 0 aliphatic carbocycles. The second kappa shape index (κ2) is 5.57. The Morgan fingerprint density at radius 1 is 1.27 bits per heavy atom. The lowest BCUT2D eigenvalue weighted by atomic mass is 10.00. The molecule has 1 aromatic carbocycles. The Kier molecular flexibility index (Phi) is 4.09. The molecule has 0 spiro atoms. The highest BCUT2D eigenvalue weighted by molar-refractivity contribution is 8.00. The molecule has 1 aliphatic rings. The fraction of sp³-hybridized carbons (Fsp3) is 0.538. The van der Waals surface area contributed by atoms with E-state index in [2.05, 4.69) is 54.5 Å². The Morgan fingerprint density at radius 2 is 2.07 bits per heavy atom. The Bertz CT molecular complexity index is 280. The first kappa shape index (κ1) is 11.0. The summed E-state index contributed by atoms with van der Waals surface area (Å²) in [4.78, 5) is 0. The van der Waals surface area contributed by atoms with E-state index in [-0.39, 0.29) is 0 Å². The van der Waals surface area contributed by atoms with Gasteiger partial charge >= 0.3 is 0 Å². The van der Waals surface area contributed by atoms with Crippen molar-refractivity contribution in [1.29, 1.82) is 0 Å². The molecule has 1 fully saturated rings. The molecule has 1 heterocycles. The monoisotopic (exact) mass is 221 g/mol. The minimum absolute atomic E-state index is 0.525. The van der Waals surface area contributed by atoms with Crippen LogP contribution in [-0.2, 0) is 0 Å². The smallest absolute Gasteiger partial charge is 0.0438 e. The van der Waals surface area contributed by atoms with Crippen molar-refractivity contribution in [3.05, 3.63) is 35.9 Å². The quantitative estimate of drug-likeness (QED) is 0.841. The van der Waals surface area contributed by atoms with Gasteiger partial charge < -0.3 is 5.32 Å². The summed E-state index contributed by atoms with van der Waals surface area (Å²) in [5.41, 5.74) is 1.43. The zero-order valence-corrected chi connectivity index (χ0v) is 10.1. The predicted molar refractivity (Wildman–Crippen MR) is 68.3 cm³/mol. The standard InChI is InChI=1S/C13H19NS/c1-14-13(11-7-3-2-4-8-11)12-9-5-6-10-15-12/h2-4,7-8,12-14H,5-6,9-10H2,1H3. The van der Waals surface area contributed by atoms with E-state index in [1.807, 2.05) is 0 Å². The maximum Gasteiger partial charge on any atom is 0.0438 e. The fourth-order valence-electron chi connectivity index (χ4n) is 2.26. The molecule has 2 rings (SSSR count). The zero-order valence-electron chi connectivity index (χ0n) is 9.28. The predicted octanol–water partition coefficient (Wildman–Crippen LogP) is 3.23. The SMILES string of the molecule is CNC(c1ccccc1)C1CCCCS1. The molecule has 0 radical (unpaired) electrons. The minimum atomic E-state index is 0.525. The molecule has 2 unspecified atom stereocenters. The van der Waals surface area contributed by atoms with Crippen molar-refractivity contribution in [2.45, 2.75) is 30.6 Å². The van der Waals surface area contributed by atoms with Gasteiger partial charge in [-0.3, -0.25) is 0 Å². The van der Waals surface area contributed by atoms with Crippen LogP contribution in [0.2, 0.25) is 0 Å². The van der Waals surface area contributed by atoms with Crippen LogP contribution in [0.5, 0.6) is 0 Å². The van der Waals surface area contributed by atoms with Crippen molar-refractivity contribution in [2.75, 3.05) is 12.8 Å². The van der Waals surface area contributed by atoms with Crippen LogP contribution in [0.25, 0.3) is 0 Å². The lowest BCUT2D eigenvalue weighted by molar-refractivity contribution is 0.516. The molecule has 1 nitrogen and oxygen atoms in total. The normalized spacial score (nSPS) is 23.7. The van der Waals surface area contributed by atoms with E-state index in [1.54, 1.807) is 0 Å². The lowest BCUT2D eigenvalue weighted by Gasteiger charge is -2.29. The molecule has 2 atom stereocenters. The van der Waals surface area contributed by atoms with Gasteiger partial charge in [0.05, 0.1) is 0 Å². The van der Waals surface area contributed by atoms with E-state index in [4.69, 9.17) is 0 Å². The van der Waals surface area contributed by atoms with E-state index >= 15 is 0 Å². The fourth-order valence-corrected chi connectivity index (χ4v) is 3.75. The van der Waals surface area contributed by atoms with Gasteiger partial charge in [-0.2, -0.15) is 11.8 Å². The van der Waals surface area contributed by atoms with Crippen molar-refractivity contribution in [3.63, 3.8) is 0 Å². The lowest BCUT2D eigenvalue weighted by Crippen LogP contribution is -2.29. The van der Waals surface area contributed by atoms with Gasteiger partial charge in [-0.25, -0.2) is 0 Å². The molecule has 1 aromatic rings. The van der Waals surface area contributed by atoms with Crippen molar-refractivity contribution < 1.29 is 0 Å². The van der Waals surface area contributed by atoms with Crippen molar-refractivity contribution in [2.24, 2.45) is 0 Å². The van der Waals surface area contributed by atoms with Gasteiger partial charge in [-0.05, 0) is 31.2 Å². The Hall–Kier alpha value is -0.470. The van der Waals surface area contributed by atoms with Crippen LogP contribution in [-0.4, -0.2) is 18.1 Å². The molecule has 2 heteroatoms. The maximum absolute atomic E-state index is 3.47. The molecule has 0 aromatic heterocycles. The van der Waals surface area contributed by atoms with Gasteiger partial charge in [0.2, 0.25) is 0 Å². The third-order valence-electron chi connectivity index (χ3n) is 3.06. The van der Waals surface area contributed by atoms with Gasteiger partial charge in [0.15, 0.2) is 0 Å². The summed E-state index contributed by atoms with van der Waals surface area (Å²) in [5.74, 6) is 1.33. The largest absolute Gasteiger partial charge is 0.312 e. The summed E-state index contributed by atoms with van der Waals surface area (Å²) in [6.45, 7) is 0. The van der Waals surface area contributed by atoms with Crippen molar-refractivity contribution >= 4 is 11.8 Å². The van der Waals surface area contributed by atoms with E-state index in [9.17, 15) is 0 Å². The second-order valence-corrected chi connectivity index (χ2v) is 5.43. The highest BCUT2D eigenvalue weighted by atomic mass is 32.2. The van der Waals surface area contributed by atoms with Crippen molar-refractivity contribution in [3.8, 4) is 0 Å². The van der Waals surface area contributed by atoms with Crippen LogP contribution in [0.3, 0.4) is 0 Å².